The van der Waals surface area contributed by atoms with Crippen molar-refractivity contribution in [3.05, 3.63) is 11.6 Å². The second-order valence-electron chi connectivity index (χ2n) is 3.32. The van der Waals surface area contributed by atoms with Gasteiger partial charge in [-0.3, -0.25) is 4.79 Å². The maximum atomic E-state index is 11.1. The molecule has 1 amide bonds. The van der Waals surface area contributed by atoms with E-state index in [2.05, 4.69) is 4.99 Å². The summed E-state index contributed by atoms with van der Waals surface area (Å²) in [4.78, 5) is 15.1. The van der Waals surface area contributed by atoms with Crippen molar-refractivity contribution in [3.8, 4) is 0 Å². The molecule has 0 spiro atoms. The molecule has 2 rings (SSSR count). The summed E-state index contributed by atoms with van der Waals surface area (Å²) < 4.78 is 0. The van der Waals surface area contributed by atoms with E-state index in [1.165, 1.54) is 12.0 Å². The summed E-state index contributed by atoms with van der Waals surface area (Å²) in [6.45, 7) is 0. The van der Waals surface area contributed by atoms with Crippen LogP contribution in [0.25, 0.3) is 0 Å². The van der Waals surface area contributed by atoms with Crippen molar-refractivity contribution in [3.63, 3.8) is 0 Å². The molecular weight excluding hydrogens is 152 g/mol. The Bertz CT molecular complexity index is 278. The zero-order valence-electron chi connectivity index (χ0n) is 6.92. The van der Waals surface area contributed by atoms with Crippen LogP contribution in [-0.4, -0.2) is 17.7 Å². The van der Waals surface area contributed by atoms with Gasteiger partial charge in [0.15, 0.2) is 0 Å². The summed E-state index contributed by atoms with van der Waals surface area (Å²) in [5, 5.41) is 0. The summed E-state index contributed by atoms with van der Waals surface area (Å²) in [5.41, 5.74) is 7.73. The van der Waals surface area contributed by atoms with Gasteiger partial charge < -0.3 is 5.73 Å². The molecule has 3 nitrogen and oxygen atoms in total. The van der Waals surface area contributed by atoms with E-state index in [0.717, 1.165) is 25.0 Å². The van der Waals surface area contributed by atoms with Gasteiger partial charge in [-0.25, -0.2) is 4.99 Å². The second-order valence-corrected chi connectivity index (χ2v) is 3.32. The first kappa shape index (κ1) is 7.68. The van der Waals surface area contributed by atoms with Crippen molar-refractivity contribution in [1.82, 2.24) is 0 Å². The molecule has 2 aliphatic rings. The van der Waals surface area contributed by atoms with Gasteiger partial charge in [-0.2, -0.15) is 0 Å². The van der Waals surface area contributed by atoms with Gasteiger partial charge in [0.1, 0.15) is 6.04 Å². The molecule has 2 N–H and O–H groups in total. The molecule has 0 aromatic rings. The van der Waals surface area contributed by atoms with Crippen molar-refractivity contribution in [2.75, 3.05) is 0 Å². The van der Waals surface area contributed by atoms with E-state index in [9.17, 15) is 4.79 Å². The van der Waals surface area contributed by atoms with E-state index in [4.69, 9.17) is 5.73 Å². The first-order chi connectivity index (χ1) is 5.77. The summed E-state index contributed by atoms with van der Waals surface area (Å²) >= 11 is 0. The molecule has 1 saturated carbocycles. The van der Waals surface area contributed by atoms with Gasteiger partial charge in [0.2, 0.25) is 0 Å². The minimum atomic E-state index is -0.484. The highest BCUT2D eigenvalue weighted by Crippen LogP contribution is 2.23. The van der Waals surface area contributed by atoms with Crippen LogP contribution in [0.3, 0.4) is 0 Å². The Kier molecular flexibility index (Phi) is 1.81. The van der Waals surface area contributed by atoms with E-state index in [1.807, 2.05) is 6.08 Å². The number of carbonyl (C=O) groups excluding carboxylic acids is 1. The molecule has 0 aromatic carbocycles. The third kappa shape index (κ3) is 1.20. The maximum Gasteiger partial charge on any atom is 0.266 e. The lowest BCUT2D eigenvalue weighted by molar-refractivity contribution is -0.118. The first-order valence-electron chi connectivity index (χ1n) is 4.35. The third-order valence-corrected chi connectivity index (χ3v) is 2.39. The van der Waals surface area contributed by atoms with Gasteiger partial charge in [0.25, 0.3) is 5.91 Å². The van der Waals surface area contributed by atoms with Gasteiger partial charge in [-0.1, -0.05) is 6.08 Å². The van der Waals surface area contributed by atoms with Crippen molar-refractivity contribution in [2.24, 2.45) is 10.7 Å². The lowest BCUT2D eigenvalue weighted by Crippen LogP contribution is -2.33. The van der Waals surface area contributed by atoms with Gasteiger partial charge in [0, 0.05) is 5.71 Å². The Hall–Kier alpha value is -0.960. The number of carbonyl (C=O) groups is 1. The topological polar surface area (TPSA) is 55.4 Å². The zero-order valence-corrected chi connectivity index (χ0v) is 6.92. The summed E-state index contributed by atoms with van der Waals surface area (Å²) in [7, 11) is 0. The number of fused-ring (bicyclic) bond motifs is 1. The fraction of sp³-hybridized carbons (Fsp3) is 0.556. The minimum Gasteiger partial charge on any atom is -0.317 e. The van der Waals surface area contributed by atoms with E-state index in [0.29, 0.717) is 0 Å². The SMILES string of the molecule is NC1C=C2CCCCC2=NC1=O. The predicted molar refractivity (Wildman–Crippen MR) is 47.0 cm³/mol. The van der Waals surface area contributed by atoms with E-state index in [-0.39, 0.29) is 5.91 Å². The van der Waals surface area contributed by atoms with E-state index < -0.39 is 6.04 Å². The molecule has 0 aromatic heterocycles. The number of hydrogen-bond acceptors (Lipinski definition) is 2. The van der Waals surface area contributed by atoms with Crippen molar-refractivity contribution >= 4 is 11.6 Å². The maximum absolute atomic E-state index is 11.1. The quantitative estimate of drug-likeness (QED) is 0.575. The molecule has 1 atom stereocenters. The van der Waals surface area contributed by atoms with Crippen LogP contribution in [0.2, 0.25) is 0 Å². The van der Waals surface area contributed by atoms with Crippen LogP contribution in [0.1, 0.15) is 25.7 Å². The van der Waals surface area contributed by atoms with Gasteiger partial charge in [0.05, 0.1) is 0 Å². The van der Waals surface area contributed by atoms with Crippen LogP contribution in [0, 0.1) is 0 Å². The fourth-order valence-corrected chi connectivity index (χ4v) is 1.72. The standard InChI is InChI=1S/C9H12N2O/c10-7-5-6-3-1-2-4-8(6)11-9(7)12/h5,7H,1-4,10H2. The molecule has 1 unspecified atom stereocenters. The largest absolute Gasteiger partial charge is 0.317 e. The lowest BCUT2D eigenvalue weighted by Gasteiger charge is -2.21. The number of nitrogens with two attached hydrogens (primary N) is 1. The van der Waals surface area contributed by atoms with E-state index >= 15 is 0 Å². The summed E-state index contributed by atoms with van der Waals surface area (Å²) in [6, 6.07) is -0.484. The number of aliphatic imine (C=N–C) groups is 1. The second kappa shape index (κ2) is 2.83. The van der Waals surface area contributed by atoms with Crippen molar-refractivity contribution in [2.45, 2.75) is 31.7 Å². The average molecular weight is 164 g/mol. The van der Waals surface area contributed by atoms with Gasteiger partial charge in [-0.05, 0) is 31.3 Å². The van der Waals surface area contributed by atoms with Crippen LogP contribution in [-0.2, 0) is 4.79 Å². The molecule has 0 radical (unpaired) electrons. The van der Waals surface area contributed by atoms with Crippen LogP contribution in [0.5, 0.6) is 0 Å². The monoisotopic (exact) mass is 164 g/mol. The Balaban J connectivity index is 2.29. The van der Waals surface area contributed by atoms with Crippen molar-refractivity contribution < 1.29 is 4.79 Å². The number of allylic oxidation sites excluding steroid dienone is 1. The highest BCUT2D eigenvalue weighted by Gasteiger charge is 2.22. The number of hydrogen-bond donors (Lipinski definition) is 1. The normalized spacial score (nSPS) is 29.1. The molecule has 0 bridgehead atoms. The number of amides is 1. The average Bonchev–Trinajstić information content (AvgIpc) is 2.07. The molecule has 1 heterocycles. The predicted octanol–water partition coefficient (Wildman–Crippen LogP) is 0.795. The number of dihydropyridines is 1. The van der Waals surface area contributed by atoms with Crippen molar-refractivity contribution in [1.29, 1.82) is 0 Å². The molecule has 1 aliphatic carbocycles. The Morgan fingerprint density at radius 1 is 1.42 bits per heavy atom. The molecule has 12 heavy (non-hydrogen) atoms. The molecular formula is C9H12N2O. The van der Waals surface area contributed by atoms with Crippen LogP contribution >= 0.6 is 0 Å². The van der Waals surface area contributed by atoms with Crippen LogP contribution in [0.15, 0.2) is 16.6 Å². The Labute approximate surface area is 71.4 Å². The Morgan fingerprint density at radius 3 is 3.00 bits per heavy atom. The van der Waals surface area contributed by atoms with E-state index in [1.54, 1.807) is 0 Å². The van der Waals surface area contributed by atoms with Crippen LogP contribution in [0.4, 0.5) is 0 Å². The molecule has 64 valence electrons. The first-order valence-corrected chi connectivity index (χ1v) is 4.35. The van der Waals surface area contributed by atoms with Gasteiger partial charge in [-0.15, -0.1) is 0 Å². The lowest BCUT2D eigenvalue weighted by atomic mass is 9.89. The highest BCUT2D eigenvalue weighted by molar-refractivity contribution is 6.10. The highest BCUT2D eigenvalue weighted by atomic mass is 16.1. The number of rotatable bonds is 0. The smallest absolute Gasteiger partial charge is 0.266 e. The third-order valence-electron chi connectivity index (χ3n) is 2.39. The minimum absolute atomic E-state index is 0.185. The molecule has 1 aliphatic heterocycles. The molecule has 3 heteroatoms. The molecule has 0 saturated heterocycles. The Morgan fingerprint density at radius 2 is 2.17 bits per heavy atom. The number of nitrogens with zero attached hydrogens (tertiary/aromatic N) is 1. The fourth-order valence-electron chi connectivity index (χ4n) is 1.72. The van der Waals surface area contributed by atoms with Crippen LogP contribution < -0.4 is 5.73 Å². The summed E-state index contributed by atoms with van der Waals surface area (Å²) in [6.07, 6.45) is 6.21. The molecule has 1 fully saturated rings. The zero-order chi connectivity index (χ0) is 8.55. The van der Waals surface area contributed by atoms with Gasteiger partial charge >= 0.3 is 0 Å². The summed E-state index contributed by atoms with van der Waals surface area (Å²) in [5.74, 6) is -0.185.